The molecule has 5 heteroatoms. The van der Waals surface area contributed by atoms with Crippen LogP contribution < -0.4 is 5.73 Å². The van der Waals surface area contributed by atoms with Gasteiger partial charge in [-0.1, -0.05) is 17.7 Å². The predicted octanol–water partition coefficient (Wildman–Crippen LogP) is 3.50. The molecule has 0 bridgehead atoms. The zero-order valence-corrected chi connectivity index (χ0v) is 10.3. The molecule has 3 nitrogen and oxygen atoms in total. The van der Waals surface area contributed by atoms with Crippen molar-refractivity contribution in [3.05, 3.63) is 41.2 Å². The molecule has 0 aliphatic carbocycles. The lowest BCUT2D eigenvalue weighted by Crippen LogP contribution is -2.05. The van der Waals surface area contributed by atoms with Gasteiger partial charge in [-0.25, -0.2) is 4.98 Å². The standard InChI is InChI=1S/C11H11ClN2OS/c1-7(13)9-3-2-8(6-10(9)12)16-11-14-4-5-15-11/h2-7H,13H2,1H3. The van der Waals surface area contributed by atoms with Crippen molar-refractivity contribution in [2.45, 2.75) is 23.1 Å². The van der Waals surface area contributed by atoms with E-state index in [0.717, 1.165) is 10.5 Å². The van der Waals surface area contributed by atoms with Crippen LogP contribution in [0.15, 0.2) is 45.2 Å². The van der Waals surface area contributed by atoms with Crippen molar-refractivity contribution in [3.63, 3.8) is 0 Å². The zero-order valence-electron chi connectivity index (χ0n) is 8.68. The average Bonchev–Trinajstić information content (AvgIpc) is 2.70. The minimum absolute atomic E-state index is 0.0618. The molecule has 2 rings (SSSR count). The van der Waals surface area contributed by atoms with Crippen LogP contribution in [-0.2, 0) is 0 Å². The van der Waals surface area contributed by atoms with Crippen LogP contribution in [0.5, 0.6) is 0 Å². The van der Waals surface area contributed by atoms with Crippen LogP contribution in [0.3, 0.4) is 0 Å². The Morgan fingerprint density at radius 1 is 1.50 bits per heavy atom. The van der Waals surface area contributed by atoms with Crippen molar-refractivity contribution in [2.24, 2.45) is 5.73 Å². The molecule has 1 heterocycles. The highest BCUT2D eigenvalue weighted by atomic mass is 35.5. The van der Waals surface area contributed by atoms with Gasteiger partial charge < -0.3 is 10.2 Å². The number of aromatic nitrogens is 1. The van der Waals surface area contributed by atoms with E-state index in [1.54, 1.807) is 12.5 Å². The molecule has 0 amide bonds. The van der Waals surface area contributed by atoms with Crippen LogP contribution in [0.2, 0.25) is 5.02 Å². The van der Waals surface area contributed by atoms with Gasteiger partial charge in [0.2, 0.25) is 0 Å². The van der Waals surface area contributed by atoms with Crippen molar-refractivity contribution < 1.29 is 4.42 Å². The van der Waals surface area contributed by atoms with Crippen molar-refractivity contribution >= 4 is 23.4 Å². The van der Waals surface area contributed by atoms with Crippen molar-refractivity contribution in [1.82, 2.24) is 4.98 Å². The predicted molar refractivity (Wildman–Crippen MR) is 64.7 cm³/mol. The maximum absolute atomic E-state index is 6.12. The highest BCUT2D eigenvalue weighted by Gasteiger charge is 2.08. The SMILES string of the molecule is CC(N)c1ccc(Sc2ncco2)cc1Cl. The first-order valence-electron chi connectivity index (χ1n) is 4.79. The van der Waals surface area contributed by atoms with E-state index in [1.807, 2.05) is 25.1 Å². The van der Waals surface area contributed by atoms with E-state index in [-0.39, 0.29) is 6.04 Å². The molecule has 0 aliphatic rings. The van der Waals surface area contributed by atoms with Gasteiger partial charge >= 0.3 is 0 Å². The lowest BCUT2D eigenvalue weighted by atomic mass is 10.1. The second-order valence-electron chi connectivity index (χ2n) is 3.37. The van der Waals surface area contributed by atoms with E-state index in [0.29, 0.717) is 10.2 Å². The largest absolute Gasteiger partial charge is 0.440 e. The molecule has 0 fully saturated rings. The van der Waals surface area contributed by atoms with Crippen LogP contribution in [-0.4, -0.2) is 4.98 Å². The van der Waals surface area contributed by atoms with Gasteiger partial charge in [-0.2, -0.15) is 0 Å². The first kappa shape index (κ1) is 11.5. The Hall–Kier alpha value is -0.970. The van der Waals surface area contributed by atoms with Crippen LogP contribution >= 0.6 is 23.4 Å². The molecule has 0 aliphatic heterocycles. The Morgan fingerprint density at radius 2 is 2.31 bits per heavy atom. The molecule has 0 radical (unpaired) electrons. The molecule has 1 unspecified atom stereocenters. The van der Waals surface area contributed by atoms with Crippen LogP contribution in [0.1, 0.15) is 18.5 Å². The third-order valence-electron chi connectivity index (χ3n) is 2.08. The fourth-order valence-corrected chi connectivity index (χ4v) is 2.45. The smallest absolute Gasteiger partial charge is 0.260 e. The average molecular weight is 255 g/mol. The molecule has 1 aromatic carbocycles. The van der Waals surface area contributed by atoms with Gasteiger partial charge in [-0.3, -0.25) is 0 Å². The fourth-order valence-electron chi connectivity index (χ4n) is 1.30. The second kappa shape index (κ2) is 4.91. The lowest BCUT2D eigenvalue weighted by molar-refractivity contribution is 0.454. The first-order valence-corrected chi connectivity index (χ1v) is 5.98. The van der Waals surface area contributed by atoms with Gasteiger partial charge in [0, 0.05) is 16.0 Å². The first-order chi connectivity index (χ1) is 7.66. The maximum atomic E-state index is 6.12. The molecular formula is C11H11ClN2OS. The summed E-state index contributed by atoms with van der Waals surface area (Å²) in [7, 11) is 0. The summed E-state index contributed by atoms with van der Waals surface area (Å²) in [6.45, 7) is 1.90. The van der Waals surface area contributed by atoms with Crippen LogP contribution in [0, 0.1) is 0 Å². The molecule has 1 atom stereocenters. The van der Waals surface area contributed by atoms with Crippen molar-refractivity contribution in [2.75, 3.05) is 0 Å². The summed E-state index contributed by atoms with van der Waals surface area (Å²) in [4.78, 5) is 5.01. The Labute approximate surface area is 103 Å². The zero-order chi connectivity index (χ0) is 11.5. The molecule has 0 spiro atoms. The van der Waals surface area contributed by atoms with E-state index < -0.39 is 0 Å². The van der Waals surface area contributed by atoms with Gasteiger partial charge in [0.05, 0.1) is 6.20 Å². The van der Waals surface area contributed by atoms with Gasteiger partial charge in [-0.05, 0) is 36.4 Å². The summed E-state index contributed by atoms with van der Waals surface area (Å²) in [5.74, 6) is 0. The molecule has 2 N–H and O–H groups in total. The molecule has 1 aromatic heterocycles. The molecule has 2 aromatic rings. The fraction of sp³-hybridized carbons (Fsp3) is 0.182. The van der Waals surface area contributed by atoms with Crippen LogP contribution in [0.25, 0.3) is 0 Å². The summed E-state index contributed by atoms with van der Waals surface area (Å²) in [5, 5.41) is 1.27. The van der Waals surface area contributed by atoms with E-state index in [1.165, 1.54) is 11.8 Å². The highest BCUT2D eigenvalue weighted by Crippen LogP contribution is 2.31. The monoisotopic (exact) mass is 254 g/mol. The number of nitrogens with zero attached hydrogens (tertiary/aromatic N) is 1. The highest BCUT2D eigenvalue weighted by molar-refractivity contribution is 7.99. The summed E-state index contributed by atoms with van der Waals surface area (Å²) in [6, 6.07) is 5.70. The topological polar surface area (TPSA) is 52.0 Å². The third kappa shape index (κ3) is 2.58. The Bertz CT molecular complexity index is 471. The Balaban J connectivity index is 2.21. The quantitative estimate of drug-likeness (QED) is 0.911. The lowest BCUT2D eigenvalue weighted by Gasteiger charge is -2.08. The summed E-state index contributed by atoms with van der Waals surface area (Å²) in [6.07, 6.45) is 3.15. The van der Waals surface area contributed by atoms with Gasteiger partial charge in [0.1, 0.15) is 6.26 Å². The summed E-state index contributed by atoms with van der Waals surface area (Å²) in [5.41, 5.74) is 6.72. The van der Waals surface area contributed by atoms with E-state index >= 15 is 0 Å². The molecule has 0 saturated carbocycles. The van der Waals surface area contributed by atoms with Gasteiger partial charge in [-0.15, -0.1) is 0 Å². The number of rotatable bonds is 3. The summed E-state index contributed by atoms with van der Waals surface area (Å²) < 4.78 is 5.14. The minimum atomic E-state index is -0.0618. The Kier molecular flexibility index (Phi) is 3.53. The Morgan fingerprint density at radius 3 is 2.88 bits per heavy atom. The number of hydrogen-bond donors (Lipinski definition) is 1. The van der Waals surface area contributed by atoms with E-state index in [2.05, 4.69) is 4.98 Å². The molecule has 16 heavy (non-hydrogen) atoms. The number of benzene rings is 1. The number of halogens is 1. The number of oxazole rings is 1. The van der Waals surface area contributed by atoms with Gasteiger partial charge in [0.15, 0.2) is 0 Å². The minimum Gasteiger partial charge on any atom is -0.440 e. The number of nitrogens with two attached hydrogens (primary N) is 1. The second-order valence-corrected chi connectivity index (χ2v) is 4.80. The summed E-state index contributed by atoms with van der Waals surface area (Å²) >= 11 is 7.55. The third-order valence-corrected chi connectivity index (χ3v) is 3.27. The van der Waals surface area contributed by atoms with Crippen LogP contribution in [0.4, 0.5) is 0 Å². The normalized spacial score (nSPS) is 12.7. The molecular weight excluding hydrogens is 244 g/mol. The maximum Gasteiger partial charge on any atom is 0.260 e. The van der Waals surface area contributed by atoms with Crippen molar-refractivity contribution in [1.29, 1.82) is 0 Å². The van der Waals surface area contributed by atoms with Gasteiger partial charge in [0.25, 0.3) is 5.22 Å². The molecule has 84 valence electrons. The van der Waals surface area contributed by atoms with Crippen molar-refractivity contribution in [3.8, 4) is 0 Å². The molecule has 0 saturated heterocycles. The van der Waals surface area contributed by atoms with E-state index in [4.69, 9.17) is 21.8 Å². The van der Waals surface area contributed by atoms with E-state index in [9.17, 15) is 0 Å². The number of hydrogen-bond acceptors (Lipinski definition) is 4.